The molecule has 0 saturated carbocycles. The predicted octanol–water partition coefficient (Wildman–Crippen LogP) is 2.99. The Labute approximate surface area is 151 Å². The first-order valence-corrected chi connectivity index (χ1v) is 9.87. The molecule has 3 aliphatic rings. The van der Waals surface area contributed by atoms with E-state index in [4.69, 9.17) is 4.74 Å². The minimum atomic E-state index is 0.380. The average molecular weight is 342 g/mol. The Morgan fingerprint density at radius 2 is 1.96 bits per heavy atom. The third-order valence-corrected chi connectivity index (χ3v) is 6.26. The minimum absolute atomic E-state index is 0.380. The van der Waals surface area contributed by atoms with Crippen molar-refractivity contribution in [2.45, 2.75) is 57.7 Å². The van der Waals surface area contributed by atoms with Gasteiger partial charge in [0.1, 0.15) is 0 Å². The maximum Gasteiger partial charge on any atom is 0.222 e. The second-order valence-electron chi connectivity index (χ2n) is 8.02. The predicted molar refractivity (Wildman–Crippen MR) is 98.3 cm³/mol. The van der Waals surface area contributed by atoms with Crippen LogP contribution in [0.4, 0.5) is 0 Å². The van der Waals surface area contributed by atoms with Gasteiger partial charge in [0.2, 0.25) is 5.91 Å². The number of hydrogen-bond donors (Lipinski definition) is 0. The number of carbonyl (C=O) groups is 1. The highest BCUT2D eigenvalue weighted by Gasteiger charge is 2.43. The van der Waals surface area contributed by atoms with E-state index in [1.165, 1.54) is 11.1 Å². The lowest BCUT2D eigenvalue weighted by Crippen LogP contribution is -2.53. The summed E-state index contributed by atoms with van der Waals surface area (Å²) in [5.74, 6) is 1.01. The summed E-state index contributed by atoms with van der Waals surface area (Å²) in [6.45, 7) is 6.95. The molecule has 25 heavy (non-hydrogen) atoms. The monoisotopic (exact) mass is 342 g/mol. The number of nitrogens with zero attached hydrogens (tertiary/aromatic N) is 2. The van der Waals surface area contributed by atoms with Crippen molar-refractivity contribution in [1.82, 2.24) is 9.80 Å². The minimum Gasteiger partial charge on any atom is -0.381 e. The molecule has 2 atom stereocenters. The lowest BCUT2D eigenvalue weighted by molar-refractivity contribution is -0.139. The van der Waals surface area contributed by atoms with Gasteiger partial charge < -0.3 is 9.64 Å². The van der Waals surface area contributed by atoms with Crippen LogP contribution in [-0.4, -0.2) is 54.1 Å². The SMILES string of the molecule is Cc1cccc(CN2CC[C@H]3[C@@H]2CCC(=O)N3CC2CCOCC2)c1. The van der Waals surface area contributed by atoms with Crippen LogP contribution in [0.15, 0.2) is 24.3 Å². The smallest absolute Gasteiger partial charge is 0.222 e. The number of aryl methyl sites for hydroxylation is 1. The number of rotatable bonds is 4. The number of hydrogen-bond acceptors (Lipinski definition) is 3. The molecule has 0 aliphatic carbocycles. The Bertz CT molecular complexity index is 612. The van der Waals surface area contributed by atoms with Crippen LogP contribution in [0.25, 0.3) is 0 Å². The number of amides is 1. The van der Waals surface area contributed by atoms with Gasteiger partial charge in [-0.15, -0.1) is 0 Å². The average Bonchev–Trinajstić information content (AvgIpc) is 3.01. The number of fused-ring (bicyclic) bond motifs is 1. The van der Waals surface area contributed by atoms with Crippen LogP contribution >= 0.6 is 0 Å². The van der Waals surface area contributed by atoms with Crippen molar-refractivity contribution in [2.75, 3.05) is 26.3 Å². The molecule has 136 valence electrons. The molecule has 1 aromatic carbocycles. The first-order chi connectivity index (χ1) is 12.2. The molecule has 0 bridgehead atoms. The third kappa shape index (κ3) is 3.75. The second kappa shape index (κ2) is 7.46. The largest absolute Gasteiger partial charge is 0.381 e. The standard InChI is InChI=1S/C21H30N2O2/c1-16-3-2-4-18(13-16)14-22-10-7-20-19(22)5-6-21(24)23(20)15-17-8-11-25-12-9-17/h2-4,13,17,19-20H,5-12,14-15H2,1H3/t19-,20-/m0/s1. The van der Waals surface area contributed by atoms with Crippen LogP contribution in [0.3, 0.4) is 0 Å². The maximum atomic E-state index is 12.6. The topological polar surface area (TPSA) is 32.8 Å². The van der Waals surface area contributed by atoms with Crippen LogP contribution < -0.4 is 0 Å². The number of benzene rings is 1. The van der Waals surface area contributed by atoms with Crippen molar-refractivity contribution in [1.29, 1.82) is 0 Å². The zero-order valence-electron chi connectivity index (χ0n) is 15.3. The van der Waals surface area contributed by atoms with Gasteiger partial charge in [0, 0.05) is 51.4 Å². The summed E-state index contributed by atoms with van der Waals surface area (Å²) in [4.78, 5) is 17.4. The molecule has 3 heterocycles. The molecule has 3 fully saturated rings. The summed E-state index contributed by atoms with van der Waals surface area (Å²) in [6.07, 6.45) is 5.09. The quantitative estimate of drug-likeness (QED) is 0.843. The van der Waals surface area contributed by atoms with Gasteiger partial charge in [0.05, 0.1) is 0 Å². The zero-order valence-corrected chi connectivity index (χ0v) is 15.3. The Morgan fingerprint density at radius 3 is 2.76 bits per heavy atom. The van der Waals surface area contributed by atoms with Gasteiger partial charge in [-0.25, -0.2) is 0 Å². The normalized spacial score (nSPS) is 28.4. The van der Waals surface area contributed by atoms with Crippen LogP contribution in [0.5, 0.6) is 0 Å². The molecule has 0 spiro atoms. The Hall–Kier alpha value is -1.39. The first-order valence-electron chi connectivity index (χ1n) is 9.87. The molecule has 4 rings (SSSR count). The number of carbonyl (C=O) groups excluding carboxylic acids is 1. The lowest BCUT2D eigenvalue weighted by atomic mass is 9.92. The highest BCUT2D eigenvalue weighted by Crippen LogP contribution is 2.33. The summed E-state index contributed by atoms with van der Waals surface area (Å²) in [5, 5.41) is 0. The Kier molecular flexibility index (Phi) is 5.09. The molecular weight excluding hydrogens is 312 g/mol. The molecule has 4 heteroatoms. The van der Waals surface area contributed by atoms with Crippen molar-refractivity contribution in [3.63, 3.8) is 0 Å². The van der Waals surface area contributed by atoms with Crippen molar-refractivity contribution in [3.05, 3.63) is 35.4 Å². The molecule has 1 amide bonds. The fourth-order valence-corrected chi connectivity index (χ4v) is 4.92. The summed E-state index contributed by atoms with van der Waals surface area (Å²) < 4.78 is 5.48. The molecule has 0 N–H and O–H groups in total. The van der Waals surface area contributed by atoms with Crippen molar-refractivity contribution < 1.29 is 9.53 Å². The first kappa shape index (κ1) is 17.0. The molecular formula is C21H30N2O2. The summed E-state index contributed by atoms with van der Waals surface area (Å²) in [7, 11) is 0. The number of likely N-dealkylation sites (tertiary alicyclic amines) is 2. The van der Waals surface area contributed by atoms with Gasteiger partial charge >= 0.3 is 0 Å². The molecule has 3 aliphatic heterocycles. The van der Waals surface area contributed by atoms with Gasteiger partial charge in [-0.2, -0.15) is 0 Å². The molecule has 1 aromatic rings. The van der Waals surface area contributed by atoms with E-state index < -0.39 is 0 Å². The Balaban J connectivity index is 1.43. The highest BCUT2D eigenvalue weighted by atomic mass is 16.5. The van der Waals surface area contributed by atoms with Crippen LogP contribution in [-0.2, 0) is 16.1 Å². The third-order valence-electron chi connectivity index (χ3n) is 6.26. The van der Waals surface area contributed by atoms with E-state index in [0.29, 0.717) is 30.3 Å². The summed E-state index contributed by atoms with van der Waals surface area (Å²) in [5.41, 5.74) is 2.72. The van der Waals surface area contributed by atoms with E-state index in [-0.39, 0.29) is 0 Å². The van der Waals surface area contributed by atoms with Gasteiger partial charge in [0.25, 0.3) is 0 Å². The fraction of sp³-hybridized carbons (Fsp3) is 0.667. The van der Waals surface area contributed by atoms with Crippen LogP contribution in [0.1, 0.15) is 43.2 Å². The molecule has 4 nitrogen and oxygen atoms in total. The van der Waals surface area contributed by atoms with Crippen LogP contribution in [0, 0.1) is 12.8 Å². The molecule has 0 unspecified atom stereocenters. The lowest BCUT2D eigenvalue weighted by Gasteiger charge is -2.42. The summed E-state index contributed by atoms with van der Waals surface area (Å²) in [6, 6.07) is 9.80. The molecule has 3 saturated heterocycles. The Morgan fingerprint density at radius 1 is 1.12 bits per heavy atom. The van der Waals surface area contributed by atoms with Crippen LogP contribution in [0.2, 0.25) is 0 Å². The molecule has 0 radical (unpaired) electrons. The van der Waals surface area contributed by atoms with Crippen molar-refractivity contribution in [2.24, 2.45) is 5.92 Å². The van der Waals surface area contributed by atoms with Gasteiger partial charge in [-0.3, -0.25) is 9.69 Å². The van der Waals surface area contributed by atoms with Crippen molar-refractivity contribution >= 4 is 5.91 Å². The van der Waals surface area contributed by atoms with E-state index >= 15 is 0 Å². The fourth-order valence-electron chi connectivity index (χ4n) is 4.92. The molecule has 0 aromatic heterocycles. The highest BCUT2D eigenvalue weighted by molar-refractivity contribution is 5.77. The maximum absolute atomic E-state index is 12.6. The van der Waals surface area contributed by atoms with E-state index in [9.17, 15) is 4.79 Å². The zero-order chi connectivity index (χ0) is 17.2. The van der Waals surface area contributed by atoms with E-state index in [1.54, 1.807) is 0 Å². The number of piperidine rings is 1. The van der Waals surface area contributed by atoms with E-state index in [0.717, 1.165) is 58.5 Å². The van der Waals surface area contributed by atoms with Crippen molar-refractivity contribution in [3.8, 4) is 0 Å². The van der Waals surface area contributed by atoms with E-state index in [2.05, 4.69) is 41.0 Å². The summed E-state index contributed by atoms with van der Waals surface area (Å²) >= 11 is 0. The second-order valence-corrected chi connectivity index (χ2v) is 8.02. The number of ether oxygens (including phenoxy) is 1. The van der Waals surface area contributed by atoms with Gasteiger partial charge in [-0.1, -0.05) is 29.8 Å². The van der Waals surface area contributed by atoms with Gasteiger partial charge in [-0.05, 0) is 44.1 Å². The van der Waals surface area contributed by atoms with Gasteiger partial charge in [0.15, 0.2) is 0 Å². The van der Waals surface area contributed by atoms with E-state index in [1.807, 2.05) is 0 Å².